The van der Waals surface area contributed by atoms with Gasteiger partial charge in [-0.05, 0) is 26.0 Å². The van der Waals surface area contributed by atoms with Crippen molar-refractivity contribution in [2.45, 2.75) is 13.8 Å². The number of likely N-dealkylation sites (N-methyl/N-ethyl adjacent to an activating group) is 2. The van der Waals surface area contributed by atoms with E-state index in [9.17, 15) is 9.59 Å². The fourth-order valence-corrected chi connectivity index (χ4v) is 2.08. The Balaban J connectivity index is 0. The Bertz CT molecular complexity index is 569. The third-order valence-electron chi connectivity index (χ3n) is 4.94. The molecule has 0 fully saturated rings. The highest BCUT2D eigenvalue weighted by Crippen LogP contribution is 2.12. The van der Waals surface area contributed by atoms with Gasteiger partial charge in [0.2, 0.25) is 0 Å². The van der Waals surface area contributed by atoms with Crippen molar-refractivity contribution in [2.24, 2.45) is 0 Å². The van der Waals surface area contributed by atoms with Gasteiger partial charge in [0, 0.05) is 0 Å². The minimum Gasteiger partial charge on any atom is -1.00 e. The van der Waals surface area contributed by atoms with Gasteiger partial charge in [-0.15, -0.1) is 0 Å². The van der Waals surface area contributed by atoms with Crippen LogP contribution in [0.5, 0.6) is 0 Å². The SMILES string of the molecule is CC[N+](C)(C)CCOC(=O)c1ccccc1C(=O)OCC[N+](C)(C)CC.[I-].[I-]. The topological polar surface area (TPSA) is 52.6 Å². The third-order valence-corrected chi connectivity index (χ3v) is 4.94. The van der Waals surface area contributed by atoms with E-state index in [1.807, 2.05) is 0 Å². The minimum absolute atomic E-state index is 0. The number of ether oxygens (including phenoxy) is 2. The number of rotatable bonds is 10. The summed E-state index contributed by atoms with van der Waals surface area (Å²) in [5.74, 6) is -0.975. The number of carbonyl (C=O) groups excluding carboxylic acids is 2. The van der Waals surface area contributed by atoms with Crippen LogP contribution in [0.1, 0.15) is 34.6 Å². The Kier molecular flexibility index (Phi) is 14.6. The molecule has 8 heteroatoms. The molecule has 6 nitrogen and oxygen atoms in total. The highest BCUT2D eigenvalue weighted by molar-refractivity contribution is 6.03. The highest BCUT2D eigenvalue weighted by atomic mass is 127. The van der Waals surface area contributed by atoms with Crippen molar-refractivity contribution in [1.82, 2.24) is 0 Å². The van der Waals surface area contributed by atoms with Gasteiger partial charge in [0.25, 0.3) is 0 Å². The fraction of sp³-hybridized carbons (Fsp3) is 0.600. The van der Waals surface area contributed by atoms with Gasteiger partial charge >= 0.3 is 11.9 Å². The number of hydrogen-bond acceptors (Lipinski definition) is 4. The smallest absolute Gasteiger partial charge is 0.339 e. The second-order valence-corrected chi connectivity index (χ2v) is 7.77. The number of halogens is 2. The summed E-state index contributed by atoms with van der Waals surface area (Å²) in [7, 11) is 8.32. The van der Waals surface area contributed by atoms with Crippen LogP contribution in [0.15, 0.2) is 24.3 Å². The van der Waals surface area contributed by atoms with Crippen LogP contribution >= 0.6 is 0 Å². The lowest BCUT2D eigenvalue weighted by Crippen LogP contribution is -3.00. The lowest BCUT2D eigenvalue weighted by Gasteiger charge is -2.28. The fourth-order valence-electron chi connectivity index (χ4n) is 2.08. The van der Waals surface area contributed by atoms with Gasteiger partial charge in [-0.3, -0.25) is 0 Å². The van der Waals surface area contributed by atoms with Crippen LogP contribution in [-0.2, 0) is 9.47 Å². The molecule has 162 valence electrons. The molecule has 0 spiro atoms. The number of esters is 2. The first kappa shape index (κ1) is 29.7. The van der Waals surface area contributed by atoms with Crippen LogP contribution in [-0.4, -0.2) is 88.5 Å². The molecular weight excluding hydrogens is 586 g/mol. The first-order valence-corrected chi connectivity index (χ1v) is 9.19. The van der Waals surface area contributed by atoms with Gasteiger partial charge in [0.15, 0.2) is 0 Å². The average molecular weight is 620 g/mol. The second kappa shape index (κ2) is 13.7. The van der Waals surface area contributed by atoms with Crippen molar-refractivity contribution < 1.29 is 76.0 Å². The molecule has 0 heterocycles. The maximum absolute atomic E-state index is 12.4. The average Bonchev–Trinajstić information content (AvgIpc) is 2.61. The van der Waals surface area contributed by atoms with E-state index in [1.165, 1.54) is 0 Å². The molecule has 0 aliphatic carbocycles. The van der Waals surface area contributed by atoms with Crippen LogP contribution in [0.3, 0.4) is 0 Å². The second-order valence-electron chi connectivity index (χ2n) is 7.77. The first-order chi connectivity index (χ1) is 12.1. The maximum Gasteiger partial charge on any atom is 0.339 e. The van der Waals surface area contributed by atoms with E-state index in [0.29, 0.717) is 13.2 Å². The summed E-state index contributed by atoms with van der Waals surface area (Å²) in [6.45, 7) is 8.14. The van der Waals surface area contributed by atoms with E-state index >= 15 is 0 Å². The van der Waals surface area contributed by atoms with Gasteiger partial charge < -0.3 is 66.4 Å². The monoisotopic (exact) mass is 620 g/mol. The van der Waals surface area contributed by atoms with Crippen LogP contribution in [0.25, 0.3) is 0 Å². The Labute approximate surface area is 203 Å². The molecule has 0 radical (unpaired) electrons. The quantitative estimate of drug-likeness (QED) is 0.153. The first-order valence-electron chi connectivity index (χ1n) is 9.19. The van der Waals surface area contributed by atoms with Crippen LogP contribution in [0.4, 0.5) is 0 Å². The van der Waals surface area contributed by atoms with Gasteiger partial charge in [-0.2, -0.15) is 0 Å². The van der Waals surface area contributed by atoms with E-state index in [2.05, 4.69) is 42.0 Å². The van der Waals surface area contributed by atoms with E-state index in [4.69, 9.17) is 9.47 Å². The summed E-state index contributed by atoms with van der Waals surface area (Å²) in [5, 5.41) is 0. The Hall–Kier alpha value is -0.460. The predicted molar refractivity (Wildman–Crippen MR) is 102 cm³/mol. The van der Waals surface area contributed by atoms with Gasteiger partial charge in [-0.1, -0.05) is 12.1 Å². The zero-order chi connectivity index (χ0) is 19.8. The molecule has 1 rings (SSSR count). The number of nitrogens with zero attached hydrogens (tertiary/aromatic N) is 2. The molecule has 1 aromatic rings. The predicted octanol–water partition coefficient (Wildman–Crippen LogP) is -3.80. The molecular formula is C20H34I2N2O4. The summed E-state index contributed by atoms with van der Waals surface area (Å²) in [4.78, 5) is 24.8. The molecule has 0 atom stereocenters. The van der Waals surface area contributed by atoms with Crippen LogP contribution in [0.2, 0.25) is 0 Å². The van der Waals surface area contributed by atoms with Crippen molar-refractivity contribution in [3.8, 4) is 0 Å². The van der Waals surface area contributed by atoms with Crippen molar-refractivity contribution in [3.63, 3.8) is 0 Å². The molecule has 0 aliphatic rings. The molecule has 0 amide bonds. The van der Waals surface area contributed by atoms with Crippen molar-refractivity contribution in [1.29, 1.82) is 0 Å². The molecule has 1 aromatic carbocycles. The Morgan fingerprint density at radius 1 is 0.750 bits per heavy atom. The van der Waals surface area contributed by atoms with Gasteiger partial charge in [0.05, 0.1) is 52.4 Å². The van der Waals surface area contributed by atoms with E-state index < -0.39 is 11.9 Å². The lowest BCUT2D eigenvalue weighted by molar-refractivity contribution is -0.888. The lowest BCUT2D eigenvalue weighted by atomic mass is 10.1. The molecule has 0 unspecified atom stereocenters. The number of carbonyl (C=O) groups is 2. The number of quaternary nitrogens is 2. The normalized spacial score (nSPS) is 11.1. The summed E-state index contributed by atoms with van der Waals surface area (Å²) < 4.78 is 12.3. The number of hydrogen-bond donors (Lipinski definition) is 0. The van der Waals surface area contributed by atoms with Gasteiger partial charge in [-0.25, -0.2) is 9.59 Å². The largest absolute Gasteiger partial charge is 1.00 e. The van der Waals surface area contributed by atoms with E-state index in [1.54, 1.807) is 24.3 Å². The highest BCUT2D eigenvalue weighted by Gasteiger charge is 2.21. The molecule has 0 N–H and O–H groups in total. The van der Waals surface area contributed by atoms with Crippen molar-refractivity contribution >= 4 is 11.9 Å². The molecule has 0 saturated heterocycles. The van der Waals surface area contributed by atoms with E-state index in [0.717, 1.165) is 35.1 Å². The number of benzene rings is 1. The van der Waals surface area contributed by atoms with Gasteiger partial charge in [0.1, 0.15) is 26.3 Å². The van der Waals surface area contributed by atoms with E-state index in [-0.39, 0.29) is 59.1 Å². The minimum atomic E-state index is -0.488. The van der Waals surface area contributed by atoms with Crippen molar-refractivity contribution in [2.75, 3.05) is 67.6 Å². The zero-order valence-corrected chi connectivity index (χ0v) is 22.2. The van der Waals surface area contributed by atoms with Crippen molar-refractivity contribution in [3.05, 3.63) is 35.4 Å². The zero-order valence-electron chi connectivity index (χ0n) is 17.8. The summed E-state index contributed by atoms with van der Waals surface area (Å²) in [6, 6.07) is 6.64. The standard InChI is InChI=1S/C20H34N2O4.2HI/c1-7-21(3,4)13-15-25-19(23)17-11-9-10-12-18(17)20(24)26-16-14-22(5,6)8-2;;/h9-12H,7-8,13-16H2,1-6H3;2*1H/q+2;;/p-2. The molecule has 28 heavy (non-hydrogen) atoms. The Morgan fingerprint density at radius 2 is 1.07 bits per heavy atom. The molecule has 0 bridgehead atoms. The Morgan fingerprint density at radius 3 is 1.36 bits per heavy atom. The summed E-state index contributed by atoms with van der Waals surface area (Å²) >= 11 is 0. The third kappa shape index (κ3) is 10.4. The van der Waals surface area contributed by atoms with Crippen LogP contribution < -0.4 is 48.0 Å². The molecule has 0 saturated carbocycles. The van der Waals surface area contributed by atoms with Crippen LogP contribution in [0, 0.1) is 0 Å². The maximum atomic E-state index is 12.4. The summed E-state index contributed by atoms with van der Waals surface area (Å²) in [6.07, 6.45) is 0. The molecule has 0 aromatic heterocycles. The molecule has 0 aliphatic heterocycles. The summed E-state index contributed by atoms with van der Waals surface area (Å²) in [5.41, 5.74) is 0.507.